The zero-order valence-electron chi connectivity index (χ0n) is 8.53. The molecule has 1 aromatic heterocycles. The zero-order chi connectivity index (χ0) is 11.7. The number of rotatable bonds is 2. The molecule has 3 nitrogen and oxygen atoms in total. The molecule has 16 heavy (non-hydrogen) atoms. The highest BCUT2D eigenvalue weighted by Crippen LogP contribution is 2.24. The Labute approximate surface area is 91.1 Å². The van der Waals surface area contributed by atoms with Crippen LogP contribution in [0.3, 0.4) is 0 Å². The van der Waals surface area contributed by atoms with Crippen molar-refractivity contribution in [3.05, 3.63) is 47.5 Å². The van der Waals surface area contributed by atoms with Crippen LogP contribution in [0.5, 0.6) is 0 Å². The maximum absolute atomic E-state index is 13.0. The first-order chi connectivity index (χ1) is 7.58. The Hall–Kier alpha value is -2.10. The molecule has 0 spiro atoms. The fraction of sp³-hybridized carbons (Fsp3) is 0.0833. The van der Waals surface area contributed by atoms with Crippen LogP contribution in [-0.4, -0.2) is 11.1 Å². The number of carboxylic acids is 1. The summed E-state index contributed by atoms with van der Waals surface area (Å²) in [5.74, 6) is -1.13. The summed E-state index contributed by atoms with van der Waals surface area (Å²) in [6.45, 7) is 1.64. The molecule has 1 heterocycles. The lowest BCUT2D eigenvalue weighted by Gasteiger charge is -1.99. The molecule has 1 aromatic carbocycles. The Bertz CT molecular complexity index is 543. The third-order valence-corrected chi connectivity index (χ3v) is 2.26. The molecule has 0 radical (unpaired) electrons. The standard InChI is InChI=1S/C12H9FO3/c1-7-6-8(2-3-9(7)13)10-4-5-11(16-10)12(14)15/h2-6H,1H3,(H,14,15). The monoisotopic (exact) mass is 220 g/mol. The normalized spacial score (nSPS) is 10.4. The molecule has 0 aliphatic heterocycles. The van der Waals surface area contributed by atoms with Gasteiger partial charge in [0.05, 0.1) is 0 Å². The highest BCUT2D eigenvalue weighted by molar-refractivity contribution is 5.85. The predicted octanol–water partition coefficient (Wildman–Crippen LogP) is 3.09. The number of aromatic carboxylic acids is 1. The fourth-order valence-electron chi connectivity index (χ4n) is 1.41. The molecule has 0 amide bonds. The number of hydrogen-bond acceptors (Lipinski definition) is 2. The van der Waals surface area contributed by atoms with Gasteiger partial charge in [0.25, 0.3) is 0 Å². The van der Waals surface area contributed by atoms with Crippen molar-refractivity contribution < 1.29 is 18.7 Å². The van der Waals surface area contributed by atoms with Crippen LogP contribution in [0.2, 0.25) is 0 Å². The summed E-state index contributed by atoms with van der Waals surface area (Å²) >= 11 is 0. The molecular formula is C12H9FO3. The van der Waals surface area contributed by atoms with E-state index >= 15 is 0 Å². The van der Waals surface area contributed by atoms with Gasteiger partial charge in [0.15, 0.2) is 0 Å². The summed E-state index contributed by atoms with van der Waals surface area (Å²) in [6.07, 6.45) is 0. The minimum Gasteiger partial charge on any atom is -0.475 e. The Morgan fingerprint density at radius 2 is 2.06 bits per heavy atom. The van der Waals surface area contributed by atoms with Crippen LogP contribution < -0.4 is 0 Å². The van der Waals surface area contributed by atoms with Crippen molar-refractivity contribution in [3.63, 3.8) is 0 Å². The summed E-state index contributed by atoms with van der Waals surface area (Å²) in [6, 6.07) is 7.41. The summed E-state index contributed by atoms with van der Waals surface area (Å²) in [5.41, 5.74) is 1.15. The molecule has 0 fully saturated rings. The molecule has 82 valence electrons. The average molecular weight is 220 g/mol. The van der Waals surface area contributed by atoms with Crippen molar-refractivity contribution >= 4 is 5.97 Å². The van der Waals surface area contributed by atoms with Gasteiger partial charge in [0.1, 0.15) is 11.6 Å². The van der Waals surface area contributed by atoms with Gasteiger partial charge in [-0.1, -0.05) is 0 Å². The molecule has 0 aliphatic rings. The van der Waals surface area contributed by atoms with Gasteiger partial charge in [0, 0.05) is 5.56 Å². The van der Waals surface area contributed by atoms with Crippen LogP contribution in [0, 0.1) is 12.7 Å². The van der Waals surface area contributed by atoms with E-state index < -0.39 is 5.97 Å². The maximum Gasteiger partial charge on any atom is 0.371 e. The second kappa shape index (κ2) is 3.81. The van der Waals surface area contributed by atoms with Gasteiger partial charge < -0.3 is 9.52 Å². The number of halogens is 1. The minimum absolute atomic E-state index is 0.128. The Morgan fingerprint density at radius 3 is 2.62 bits per heavy atom. The first kappa shape index (κ1) is 10.4. The lowest BCUT2D eigenvalue weighted by atomic mass is 10.1. The fourth-order valence-corrected chi connectivity index (χ4v) is 1.41. The van der Waals surface area contributed by atoms with Gasteiger partial charge in [-0.05, 0) is 42.8 Å². The van der Waals surface area contributed by atoms with Crippen molar-refractivity contribution in [1.82, 2.24) is 0 Å². The Balaban J connectivity index is 2.42. The molecular weight excluding hydrogens is 211 g/mol. The molecule has 4 heteroatoms. The van der Waals surface area contributed by atoms with Crippen LogP contribution in [-0.2, 0) is 0 Å². The van der Waals surface area contributed by atoms with E-state index in [0.717, 1.165) is 0 Å². The van der Waals surface area contributed by atoms with Crippen LogP contribution >= 0.6 is 0 Å². The van der Waals surface area contributed by atoms with E-state index in [9.17, 15) is 9.18 Å². The minimum atomic E-state index is -1.12. The van der Waals surface area contributed by atoms with E-state index in [4.69, 9.17) is 9.52 Å². The highest BCUT2D eigenvalue weighted by atomic mass is 19.1. The summed E-state index contributed by atoms with van der Waals surface area (Å²) in [5, 5.41) is 8.69. The van der Waals surface area contributed by atoms with E-state index in [1.807, 2.05) is 0 Å². The molecule has 0 bridgehead atoms. The quantitative estimate of drug-likeness (QED) is 0.845. The van der Waals surface area contributed by atoms with Gasteiger partial charge in [-0.3, -0.25) is 0 Å². The first-order valence-electron chi connectivity index (χ1n) is 4.67. The van der Waals surface area contributed by atoms with Crippen LogP contribution in [0.4, 0.5) is 4.39 Å². The number of furan rings is 1. The van der Waals surface area contributed by atoms with E-state index in [0.29, 0.717) is 16.9 Å². The molecule has 0 aliphatic carbocycles. The predicted molar refractivity (Wildman–Crippen MR) is 55.8 cm³/mol. The first-order valence-corrected chi connectivity index (χ1v) is 4.67. The highest BCUT2D eigenvalue weighted by Gasteiger charge is 2.10. The number of carbonyl (C=O) groups is 1. The van der Waals surface area contributed by atoms with E-state index in [2.05, 4.69) is 0 Å². The number of hydrogen-bond donors (Lipinski definition) is 1. The van der Waals surface area contributed by atoms with Gasteiger partial charge >= 0.3 is 5.97 Å². The van der Waals surface area contributed by atoms with Gasteiger partial charge in [-0.25, -0.2) is 9.18 Å². The second-order valence-corrected chi connectivity index (χ2v) is 3.43. The van der Waals surface area contributed by atoms with Crippen LogP contribution in [0.1, 0.15) is 16.1 Å². The number of carboxylic acid groups (broad SMARTS) is 1. The Morgan fingerprint density at radius 1 is 1.31 bits per heavy atom. The third kappa shape index (κ3) is 1.82. The molecule has 0 saturated carbocycles. The summed E-state index contributed by atoms with van der Waals surface area (Å²) in [7, 11) is 0. The zero-order valence-corrected chi connectivity index (χ0v) is 8.53. The number of aryl methyl sites for hydroxylation is 1. The van der Waals surface area contributed by atoms with Crippen molar-refractivity contribution in [1.29, 1.82) is 0 Å². The SMILES string of the molecule is Cc1cc(-c2ccc(C(=O)O)o2)ccc1F. The molecule has 2 aromatic rings. The topological polar surface area (TPSA) is 50.4 Å². The van der Waals surface area contributed by atoms with Crippen LogP contribution in [0.15, 0.2) is 34.7 Å². The second-order valence-electron chi connectivity index (χ2n) is 3.43. The van der Waals surface area contributed by atoms with Gasteiger partial charge in [-0.15, -0.1) is 0 Å². The van der Waals surface area contributed by atoms with Crippen molar-refractivity contribution in [2.75, 3.05) is 0 Å². The molecule has 1 N–H and O–H groups in total. The largest absolute Gasteiger partial charge is 0.475 e. The Kier molecular flexibility index (Phi) is 2.48. The average Bonchev–Trinajstić information content (AvgIpc) is 2.71. The van der Waals surface area contributed by atoms with Crippen molar-refractivity contribution in [2.45, 2.75) is 6.92 Å². The van der Waals surface area contributed by atoms with Crippen molar-refractivity contribution in [3.8, 4) is 11.3 Å². The molecule has 0 unspecified atom stereocenters. The van der Waals surface area contributed by atoms with E-state index in [1.54, 1.807) is 25.1 Å². The number of benzene rings is 1. The molecule has 0 atom stereocenters. The molecule has 0 saturated heterocycles. The third-order valence-electron chi connectivity index (χ3n) is 2.26. The van der Waals surface area contributed by atoms with E-state index in [-0.39, 0.29) is 11.6 Å². The summed E-state index contributed by atoms with van der Waals surface area (Å²) < 4.78 is 18.1. The lowest BCUT2D eigenvalue weighted by Crippen LogP contribution is -1.91. The smallest absolute Gasteiger partial charge is 0.371 e. The van der Waals surface area contributed by atoms with Gasteiger partial charge in [-0.2, -0.15) is 0 Å². The van der Waals surface area contributed by atoms with E-state index in [1.165, 1.54) is 12.1 Å². The maximum atomic E-state index is 13.0. The summed E-state index contributed by atoms with van der Waals surface area (Å²) in [4.78, 5) is 10.6. The lowest BCUT2D eigenvalue weighted by molar-refractivity contribution is 0.0663. The van der Waals surface area contributed by atoms with Crippen LogP contribution in [0.25, 0.3) is 11.3 Å². The van der Waals surface area contributed by atoms with Crippen molar-refractivity contribution in [2.24, 2.45) is 0 Å². The molecule has 2 rings (SSSR count). The van der Waals surface area contributed by atoms with Gasteiger partial charge in [0.2, 0.25) is 5.76 Å².